The Hall–Kier alpha value is -1.27. The van der Waals surface area contributed by atoms with Crippen molar-refractivity contribution in [2.45, 2.75) is 38.5 Å². The van der Waals surface area contributed by atoms with E-state index in [4.69, 9.17) is 15.4 Å². The van der Waals surface area contributed by atoms with Crippen molar-refractivity contribution in [3.8, 4) is 0 Å². The lowest BCUT2D eigenvalue weighted by atomic mass is 10.0. The van der Waals surface area contributed by atoms with Crippen LogP contribution in [0.25, 0.3) is 0 Å². The number of anilines is 1. The molecule has 0 fully saturated rings. The summed E-state index contributed by atoms with van der Waals surface area (Å²) in [5.41, 5.74) is 2.01. The molecule has 0 bridgehead atoms. The van der Waals surface area contributed by atoms with Crippen LogP contribution >= 0.6 is 10.7 Å². The van der Waals surface area contributed by atoms with E-state index in [0.29, 0.717) is 29.7 Å². The Bertz CT molecular complexity index is 573. The lowest BCUT2D eigenvalue weighted by Crippen LogP contribution is -2.16. The maximum absolute atomic E-state index is 11.6. The van der Waals surface area contributed by atoms with E-state index < -0.39 is 15.1 Å². The second-order valence-corrected chi connectivity index (χ2v) is 6.67. The van der Waals surface area contributed by atoms with Crippen LogP contribution < -0.4 is 5.32 Å². The van der Waals surface area contributed by atoms with Gasteiger partial charge in [-0.2, -0.15) is 0 Å². The SMILES string of the molecule is CCOC(=O)Nc1c(CC)cc(S(=O)(=O)Cl)cc1CC. The molecule has 1 amide bonds. The number of hydrogen-bond donors (Lipinski definition) is 1. The standard InChI is InChI=1S/C13H18ClNO4S/c1-4-9-7-11(20(14,17)18)8-10(5-2)12(9)15-13(16)19-6-3/h7-8H,4-6H2,1-3H3,(H,15,16). The number of amides is 1. The second-order valence-electron chi connectivity index (χ2n) is 4.11. The molecule has 0 atom stereocenters. The van der Waals surface area contributed by atoms with Crippen LogP contribution in [0.15, 0.2) is 17.0 Å². The van der Waals surface area contributed by atoms with Gasteiger partial charge in [-0.3, -0.25) is 5.32 Å². The van der Waals surface area contributed by atoms with Gasteiger partial charge in [-0.1, -0.05) is 13.8 Å². The first kappa shape index (κ1) is 16.8. The number of benzene rings is 1. The zero-order chi connectivity index (χ0) is 15.3. The number of ether oxygens (including phenoxy) is 1. The van der Waals surface area contributed by atoms with Gasteiger partial charge in [0.1, 0.15) is 0 Å². The largest absolute Gasteiger partial charge is 0.450 e. The van der Waals surface area contributed by atoms with E-state index in [1.165, 1.54) is 12.1 Å². The maximum atomic E-state index is 11.6. The van der Waals surface area contributed by atoms with Gasteiger partial charge in [0.15, 0.2) is 0 Å². The summed E-state index contributed by atoms with van der Waals surface area (Å²) in [4.78, 5) is 11.6. The van der Waals surface area contributed by atoms with Gasteiger partial charge in [-0.05, 0) is 43.0 Å². The molecule has 0 heterocycles. The van der Waals surface area contributed by atoms with E-state index in [1.54, 1.807) is 6.92 Å². The topological polar surface area (TPSA) is 72.5 Å². The lowest BCUT2D eigenvalue weighted by molar-refractivity contribution is 0.168. The molecule has 0 aliphatic carbocycles. The van der Waals surface area contributed by atoms with E-state index in [2.05, 4.69) is 5.32 Å². The predicted octanol–water partition coefficient (Wildman–Crippen LogP) is 3.31. The highest BCUT2D eigenvalue weighted by molar-refractivity contribution is 8.13. The first-order chi connectivity index (χ1) is 9.33. The average molecular weight is 320 g/mol. The van der Waals surface area contributed by atoms with Gasteiger partial charge < -0.3 is 4.74 Å². The molecule has 0 unspecified atom stereocenters. The number of carbonyl (C=O) groups excluding carboxylic acids is 1. The van der Waals surface area contributed by atoms with Crippen LogP contribution in [0.4, 0.5) is 10.5 Å². The molecule has 0 spiro atoms. The third-order valence-electron chi connectivity index (χ3n) is 2.82. The summed E-state index contributed by atoms with van der Waals surface area (Å²) < 4.78 is 27.8. The Morgan fingerprint density at radius 3 is 2.05 bits per heavy atom. The van der Waals surface area contributed by atoms with E-state index in [-0.39, 0.29) is 11.5 Å². The summed E-state index contributed by atoms with van der Waals surface area (Å²) in [5.74, 6) is 0. The molecule has 7 heteroatoms. The van der Waals surface area contributed by atoms with Crippen LogP contribution in [0.2, 0.25) is 0 Å². The van der Waals surface area contributed by atoms with Crippen molar-refractivity contribution in [2.24, 2.45) is 0 Å². The first-order valence-corrected chi connectivity index (χ1v) is 8.68. The van der Waals surface area contributed by atoms with E-state index in [9.17, 15) is 13.2 Å². The van der Waals surface area contributed by atoms with Crippen LogP contribution in [0, 0.1) is 0 Å². The summed E-state index contributed by atoms with van der Waals surface area (Å²) in [5, 5.41) is 2.66. The van der Waals surface area contributed by atoms with E-state index >= 15 is 0 Å². The van der Waals surface area contributed by atoms with Crippen molar-refractivity contribution in [2.75, 3.05) is 11.9 Å². The van der Waals surface area contributed by atoms with Crippen LogP contribution in [0.5, 0.6) is 0 Å². The third-order valence-corrected chi connectivity index (χ3v) is 4.15. The molecule has 0 saturated carbocycles. The van der Waals surface area contributed by atoms with Crippen LogP contribution in [-0.4, -0.2) is 21.1 Å². The summed E-state index contributed by atoms with van der Waals surface area (Å²) in [6.45, 7) is 5.72. The molecule has 1 N–H and O–H groups in total. The molecule has 1 aromatic carbocycles. The maximum Gasteiger partial charge on any atom is 0.411 e. The molecule has 112 valence electrons. The van der Waals surface area contributed by atoms with Crippen molar-refractivity contribution in [3.05, 3.63) is 23.3 Å². The Morgan fingerprint density at radius 1 is 1.20 bits per heavy atom. The normalized spacial score (nSPS) is 11.2. The highest BCUT2D eigenvalue weighted by Gasteiger charge is 2.17. The molecule has 1 rings (SSSR count). The fourth-order valence-corrected chi connectivity index (χ4v) is 2.70. The number of aryl methyl sites for hydroxylation is 2. The molecular formula is C13H18ClNO4S. The molecular weight excluding hydrogens is 302 g/mol. The second kappa shape index (κ2) is 6.95. The van der Waals surface area contributed by atoms with Gasteiger partial charge in [0.2, 0.25) is 0 Å². The molecule has 0 saturated heterocycles. The zero-order valence-corrected chi connectivity index (χ0v) is 13.3. The Morgan fingerprint density at radius 2 is 1.70 bits per heavy atom. The minimum Gasteiger partial charge on any atom is -0.450 e. The minimum atomic E-state index is -3.80. The number of rotatable bonds is 5. The third kappa shape index (κ3) is 4.11. The van der Waals surface area contributed by atoms with E-state index in [0.717, 1.165) is 0 Å². The fraction of sp³-hybridized carbons (Fsp3) is 0.462. The monoisotopic (exact) mass is 319 g/mol. The molecule has 0 aliphatic rings. The molecule has 0 aromatic heterocycles. The first-order valence-electron chi connectivity index (χ1n) is 6.37. The number of halogens is 1. The minimum absolute atomic E-state index is 0.0438. The van der Waals surface area contributed by atoms with Crippen LogP contribution in [-0.2, 0) is 26.6 Å². The molecule has 0 radical (unpaired) electrons. The number of carbonyl (C=O) groups is 1. The van der Waals surface area contributed by atoms with Gasteiger partial charge >= 0.3 is 6.09 Å². The van der Waals surface area contributed by atoms with Gasteiger partial charge in [0, 0.05) is 10.7 Å². The van der Waals surface area contributed by atoms with Crippen molar-refractivity contribution < 1.29 is 17.9 Å². The van der Waals surface area contributed by atoms with Crippen LogP contribution in [0.3, 0.4) is 0 Å². The van der Waals surface area contributed by atoms with Crippen molar-refractivity contribution in [1.29, 1.82) is 0 Å². The predicted molar refractivity (Wildman–Crippen MR) is 78.9 cm³/mol. The highest BCUT2D eigenvalue weighted by atomic mass is 35.7. The van der Waals surface area contributed by atoms with Gasteiger partial charge in [-0.15, -0.1) is 0 Å². The highest BCUT2D eigenvalue weighted by Crippen LogP contribution is 2.28. The Balaban J connectivity index is 3.32. The fourth-order valence-electron chi connectivity index (χ4n) is 1.86. The number of nitrogens with one attached hydrogen (secondary N) is 1. The number of hydrogen-bond acceptors (Lipinski definition) is 4. The molecule has 5 nitrogen and oxygen atoms in total. The van der Waals surface area contributed by atoms with E-state index in [1.807, 2.05) is 13.8 Å². The Labute approximate surface area is 123 Å². The van der Waals surface area contributed by atoms with Gasteiger partial charge in [0.05, 0.1) is 17.2 Å². The smallest absolute Gasteiger partial charge is 0.411 e. The zero-order valence-electron chi connectivity index (χ0n) is 11.7. The molecule has 0 aliphatic heterocycles. The van der Waals surface area contributed by atoms with Crippen molar-refractivity contribution in [3.63, 3.8) is 0 Å². The van der Waals surface area contributed by atoms with Gasteiger partial charge in [-0.25, -0.2) is 13.2 Å². The molecule has 20 heavy (non-hydrogen) atoms. The van der Waals surface area contributed by atoms with Crippen molar-refractivity contribution in [1.82, 2.24) is 0 Å². The summed E-state index contributed by atoms with van der Waals surface area (Å²) in [6.07, 6.45) is 0.572. The van der Waals surface area contributed by atoms with Crippen LogP contribution in [0.1, 0.15) is 31.9 Å². The molecule has 1 aromatic rings. The quantitative estimate of drug-likeness (QED) is 0.845. The summed E-state index contributed by atoms with van der Waals surface area (Å²) >= 11 is 0. The average Bonchev–Trinajstić information content (AvgIpc) is 2.37. The van der Waals surface area contributed by atoms with Gasteiger partial charge in [0.25, 0.3) is 9.05 Å². The summed E-state index contributed by atoms with van der Waals surface area (Å²) in [7, 11) is 1.59. The van der Waals surface area contributed by atoms with Crippen molar-refractivity contribution >= 4 is 31.5 Å². The lowest BCUT2D eigenvalue weighted by Gasteiger charge is -2.15. The summed E-state index contributed by atoms with van der Waals surface area (Å²) in [6, 6.07) is 2.95. The Kier molecular flexibility index (Phi) is 5.83.